The SMILES string of the molecule is CCOC(=O)C(OC(=O)C1Cc2ccccc2CN1S(=O)Oc1ccc(-c2ccccc2)cc1)c1cc2n(c(=O)c1C#N)CCC21OCC(CC)(CC)CO1. The van der Waals surface area contributed by atoms with Gasteiger partial charge in [0, 0.05) is 36.9 Å². The molecule has 1 spiro atoms. The van der Waals surface area contributed by atoms with E-state index < -0.39 is 46.7 Å². The molecule has 0 aliphatic carbocycles. The van der Waals surface area contributed by atoms with Gasteiger partial charge in [-0.25, -0.2) is 4.79 Å². The largest absolute Gasteiger partial charge is 0.463 e. The van der Waals surface area contributed by atoms with Gasteiger partial charge in [0.15, 0.2) is 0 Å². The predicted molar refractivity (Wildman–Crippen MR) is 202 cm³/mol. The average molecular weight is 766 g/mol. The topological polar surface area (TPSA) is 146 Å². The van der Waals surface area contributed by atoms with Crippen molar-refractivity contribution in [2.45, 2.75) is 77.5 Å². The molecule has 13 heteroatoms. The Labute approximate surface area is 322 Å². The van der Waals surface area contributed by atoms with E-state index in [9.17, 15) is 23.9 Å². The summed E-state index contributed by atoms with van der Waals surface area (Å²) in [6.45, 7) is 6.79. The zero-order chi connectivity index (χ0) is 38.7. The summed E-state index contributed by atoms with van der Waals surface area (Å²) in [5, 5.41) is 10.3. The van der Waals surface area contributed by atoms with Crippen molar-refractivity contribution in [3.63, 3.8) is 0 Å². The van der Waals surface area contributed by atoms with Crippen LogP contribution in [0.2, 0.25) is 0 Å². The second kappa shape index (κ2) is 15.9. The van der Waals surface area contributed by atoms with E-state index in [0.717, 1.165) is 35.1 Å². The van der Waals surface area contributed by atoms with E-state index in [-0.39, 0.29) is 42.7 Å². The number of carbonyl (C=O) groups excluding carboxylic acids is 2. The van der Waals surface area contributed by atoms with E-state index >= 15 is 0 Å². The van der Waals surface area contributed by atoms with Gasteiger partial charge in [0.2, 0.25) is 11.9 Å². The van der Waals surface area contributed by atoms with Crippen LogP contribution >= 0.6 is 0 Å². The van der Waals surface area contributed by atoms with Crippen LogP contribution in [0.25, 0.3) is 11.1 Å². The highest BCUT2D eigenvalue weighted by Crippen LogP contribution is 2.45. The molecule has 7 rings (SSSR count). The van der Waals surface area contributed by atoms with Gasteiger partial charge in [-0.1, -0.05) is 80.6 Å². The fourth-order valence-electron chi connectivity index (χ4n) is 7.45. The number of aromatic nitrogens is 1. The first-order chi connectivity index (χ1) is 26.6. The molecule has 0 bridgehead atoms. The molecule has 55 heavy (non-hydrogen) atoms. The second-order valence-corrected chi connectivity index (χ2v) is 15.1. The number of rotatable bonds is 11. The molecule has 3 aliphatic heterocycles. The van der Waals surface area contributed by atoms with Crippen molar-refractivity contribution in [3.8, 4) is 22.9 Å². The minimum Gasteiger partial charge on any atom is -0.463 e. The number of esters is 2. The molecule has 4 aromatic rings. The number of nitriles is 1. The molecular formula is C42H43N3O9S. The summed E-state index contributed by atoms with van der Waals surface area (Å²) < 4.78 is 46.8. The number of nitrogens with zero attached hydrogens (tertiary/aromatic N) is 3. The fourth-order valence-corrected chi connectivity index (χ4v) is 8.44. The van der Waals surface area contributed by atoms with Gasteiger partial charge < -0.3 is 27.7 Å². The summed E-state index contributed by atoms with van der Waals surface area (Å²) in [5.41, 5.74) is 2.62. The third-order valence-corrected chi connectivity index (χ3v) is 12.1. The maximum Gasteiger partial charge on any atom is 0.352 e. The zero-order valence-corrected chi connectivity index (χ0v) is 31.8. The molecular weight excluding hydrogens is 723 g/mol. The van der Waals surface area contributed by atoms with Gasteiger partial charge in [0.25, 0.3) is 16.8 Å². The summed E-state index contributed by atoms with van der Waals surface area (Å²) in [4.78, 5) is 41.9. The molecule has 3 unspecified atom stereocenters. The highest BCUT2D eigenvalue weighted by atomic mass is 32.2. The van der Waals surface area contributed by atoms with Crippen LogP contribution in [0, 0.1) is 16.7 Å². The Morgan fingerprint density at radius 1 is 0.945 bits per heavy atom. The lowest BCUT2D eigenvalue weighted by Gasteiger charge is -2.44. The van der Waals surface area contributed by atoms with Crippen LogP contribution in [-0.2, 0) is 65.1 Å². The predicted octanol–water partition coefficient (Wildman–Crippen LogP) is 6.03. The minimum atomic E-state index is -2.19. The van der Waals surface area contributed by atoms with E-state index in [1.807, 2.05) is 72.8 Å². The molecule has 0 amide bonds. The molecule has 3 atom stereocenters. The van der Waals surface area contributed by atoms with Crippen molar-refractivity contribution in [1.29, 1.82) is 5.26 Å². The Bertz CT molecular complexity index is 2180. The van der Waals surface area contributed by atoms with E-state index in [4.69, 9.17) is 23.1 Å². The number of pyridine rings is 1. The van der Waals surface area contributed by atoms with E-state index in [0.29, 0.717) is 31.1 Å². The normalized spacial score (nSPS) is 19.3. The van der Waals surface area contributed by atoms with Crippen molar-refractivity contribution in [2.24, 2.45) is 5.41 Å². The lowest BCUT2D eigenvalue weighted by molar-refractivity contribution is -0.313. The Balaban J connectivity index is 1.20. The minimum absolute atomic E-state index is 0.0607. The van der Waals surface area contributed by atoms with Crippen LogP contribution < -0.4 is 9.74 Å². The summed E-state index contributed by atoms with van der Waals surface area (Å²) in [7, 11) is 0. The van der Waals surface area contributed by atoms with Gasteiger partial charge in [-0.05, 0) is 60.2 Å². The molecule has 286 valence electrons. The lowest BCUT2D eigenvalue weighted by Crippen LogP contribution is -2.49. The van der Waals surface area contributed by atoms with E-state index in [1.165, 1.54) is 14.9 Å². The Morgan fingerprint density at radius 2 is 1.60 bits per heavy atom. The maximum atomic E-state index is 14.3. The highest BCUT2D eigenvalue weighted by Gasteiger charge is 2.50. The molecule has 1 aromatic heterocycles. The van der Waals surface area contributed by atoms with Gasteiger partial charge >= 0.3 is 11.9 Å². The molecule has 1 saturated heterocycles. The van der Waals surface area contributed by atoms with Crippen LogP contribution in [0.4, 0.5) is 0 Å². The quantitative estimate of drug-likeness (QED) is 0.166. The van der Waals surface area contributed by atoms with Crippen molar-refractivity contribution in [1.82, 2.24) is 8.87 Å². The second-order valence-electron chi connectivity index (χ2n) is 14.0. The summed E-state index contributed by atoms with van der Waals surface area (Å²) in [6.07, 6.45) is 0.286. The summed E-state index contributed by atoms with van der Waals surface area (Å²) >= 11 is -2.19. The van der Waals surface area contributed by atoms with E-state index in [1.54, 1.807) is 19.1 Å². The van der Waals surface area contributed by atoms with Gasteiger partial charge in [-0.15, -0.1) is 0 Å². The van der Waals surface area contributed by atoms with Gasteiger partial charge in [-0.3, -0.25) is 9.59 Å². The fraction of sp³-hybridized carbons (Fsp3) is 0.381. The molecule has 3 aliphatic rings. The highest BCUT2D eigenvalue weighted by molar-refractivity contribution is 7.78. The summed E-state index contributed by atoms with van der Waals surface area (Å²) in [5.74, 6) is -2.84. The van der Waals surface area contributed by atoms with E-state index in [2.05, 4.69) is 13.8 Å². The van der Waals surface area contributed by atoms with Crippen molar-refractivity contribution >= 4 is 23.2 Å². The molecule has 0 radical (unpaired) electrons. The molecule has 0 saturated carbocycles. The Morgan fingerprint density at radius 3 is 2.25 bits per heavy atom. The van der Waals surface area contributed by atoms with Crippen LogP contribution in [0.5, 0.6) is 5.75 Å². The molecule has 12 nitrogen and oxygen atoms in total. The molecule has 3 aromatic carbocycles. The lowest BCUT2D eigenvalue weighted by atomic mass is 9.83. The first kappa shape index (κ1) is 38.2. The Kier molecular flexibility index (Phi) is 11.0. The van der Waals surface area contributed by atoms with Crippen LogP contribution in [0.15, 0.2) is 89.7 Å². The van der Waals surface area contributed by atoms with Crippen molar-refractivity contribution < 1.29 is 36.9 Å². The first-order valence-electron chi connectivity index (χ1n) is 18.6. The van der Waals surface area contributed by atoms with Crippen LogP contribution in [0.3, 0.4) is 0 Å². The Hall–Kier alpha value is -5.13. The standard InChI is InChI=1S/C42H43N3O9S/c1-4-41(5-2)26-51-42(52-27-41)20-21-44-36(42)23-33(34(24-43)38(44)46)37(40(48)50-6-3)53-39(47)35-22-30-14-10-11-15-31(30)25-45(35)55(49)54-32-18-16-29(17-19-32)28-12-8-7-9-13-28/h7-19,23,35,37H,4-6,20-22,25-27H2,1-3H3. The number of carbonyl (C=O) groups is 2. The number of hydrogen-bond donors (Lipinski definition) is 0. The first-order valence-corrected chi connectivity index (χ1v) is 19.6. The smallest absolute Gasteiger partial charge is 0.352 e. The van der Waals surface area contributed by atoms with Crippen LogP contribution in [-0.4, -0.2) is 50.9 Å². The third kappa shape index (κ3) is 7.35. The van der Waals surface area contributed by atoms with Crippen LogP contribution in [0.1, 0.15) is 74.1 Å². The molecule has 0 N–H and O–H groups in total. The van der Waals surface area contributed by atoms with Crippen molar-refractivity contribution in [3.05, 3.63) is 123 Å². The zero-order valence-electron chi connectivity index (χ0n) is 31.0. The summed E-state index contributed by atoms with van der Waals surface area (Å²) in [6, 6.07) is 26.6. The monoisotopic (exact) mass is 765 g/mol. The number of fused-ring (bicyclic) bond motifs is 3. The number of benzene rings is 3. The molecule has 4 heterocycles. The third-order valence-electron chi connectivity index (χ3n) is 11.0. The molecule has 1 fully saturated rings. The average Bonchev–Trinajstić information content (AvgIpc) is 3.58. The van der Waals surface area contributed by atoms with Gasteiger partial charge in [0.05, 0.1) is 25.5 Å². The van der Waals surface area contributed by atoms with Gasteiger partial charge in [-0.2, -0.15) is 13.8 Å². The number of ether oxygens (including phenoxy) is 4. The van der Waals surface area contributed by atoms with Crippen molar-refractivity contribution in [2.75, 3.05) is 19.8 Å². The maximum absolute atomic E-state index is 14.3. The number of hydrogen-bond acceptors (Lipinski definition) is 10. The van der Waals surface area contributed by atoms with Gasteiger partial charge in [0.1, 0.15) is 23.4 Å².